The van der Waals surface area contributed by atoms with Crippen molar-refractivity contribution in [1.82, 2.24) is 9.47 Å². The highest BCUT2D eigenvalue weighted by atomic mass is 32.2. The number of nitrogens with zero attached hydrogens (tertiary/aromatic N) is 3. The van der Waals surface area contributed by atoms with Crippen molar-refractivity contribution in [3.63, 3.8) is 0 Å². The van der Waals surface area contributed by atoms with E-state index in [0.717, 1.165) is 29.9 Å². The molecule has 182 valence electrons. The summed E-state index contributed by atoms with van der Waals surface area (Å²) in [6.07, 6.45) is 1.76. The Hall–Kier alpha value is -2.60. The van der Waals surface area contributed by atoms with E-state index in [1.165, 1.54) is 17.9 Å². The fraction of sp³-hybridized carbons (Fsp3) is 0.625. The Morgan fingerprint density at radius 3 is 2.52 bits per heavy atom. The summed E-state index contributed by atoms with van der Waals surface area (Å²) in [6, 6.07) is 3.39. The van der Waals surface area contributed by atoms with E-state index < -0.39 is 33.9 Å². The average molecular weight is 478 g/mol. The normalized spacial score (nSPS) is 18.7. The number of hydrogen-bond donors (Lipinski definition) is 0. The quantitative estimate of drug-likeness (QED) is 0.307. The summed E-state index contributed by atoms with van der Waals surface area (Å²) in [4.78, 5) is 27.0. The molecule has 33 heavy (non-hydrogen) atoms. The van der Waals surface area contributed by atoms with E-state index in [9.17, 15) is 23.3 Å². The molecule has 0 aromatic carbocycles. The van der Waals surface area contributed by atoms with Gasteiger partial charge in [-0.1, -0.05) is 13.8 Å². The third kappa shape index (κ3) is 6.70. The Kier molecular flexibility index (Phi) is 8.89. The van der Waals surface area contributed by atoms with Crippen molar-refractivity contribution in [3.05, 3.63) is 28.6 Å². The van der Waals surface area contributed by atoms with E-state index >= 15 is 0 Å². The summed E-state index contributed by atoms with van der Waals surface area (Å²) in [6.45, 7) is 12.6. The molecule has 2 heterocycles. The van der Waals surface area contributed by atoms with E-state index in [4.69, 9.17) is 4.74 Å². The molecule has 0 bridgehead atoms. The van der Waals surface area contributed by atoms with Crippen LogP contribution in [0.1, 0.15) is 57.5 Å². The van der Waals surface area contributed by atoms with Crippen LogP contribution in [0.3, 0.4) is 0 Å². The smallest absolute Gasteiger partial charge is 0.349 e. The van der Waals surface area contributed by atoms with Crippen LogP contribution in [0.5, 0.6) is 0 Å². The second-order valence-corrected chi connectivity index (χ2v) is 11.3. The first kappa shape index (κ1) is 26.7. The van der Waals surface area contributed by atoms with Crippen LogP contribution in [0, 0.1) is 31.1 Å². The summed E-state index contributed by atoms with van der Waals surface area (Å²) in [5.41, 5.74) is 2.57. The fourth-order valence-electron chi connectivity index (χ4n) is 4.12. The molecule has 0 spiro atoms. The molecule has 0 radical (unpaired) electrons. The van der Waals surface area contributed by atoms with Gasteiger partial charge in [0.25, 0.3) is 5.91 Å². The van der Waals surface area contributed by atoms with Crippen LogP contribution in [-0.2, 0) is 30.7 Å². The first-order valence-electron chi connectivity index (χ1n) is 11.4. The molecule has 2 atom stereocenters. The maximum absolute atomic E-state index is 12.9. The lowest BCUT2D eigenvalue weighted by Crippen LogP contribution is -2.46. The minimum Gasteiger partial charge on any atom is -0.448 e. The number of esters is 1. The van der Waals surface area contributed by atoms with Crippen LogP contribution >= 0.6 is 0 Å². The topological polar surface area (TPSA) is 109 Å². The number of aryl methyl sites for hydroxylation is 1. The van der Waals surface area contributed by atoms with Gasteiger partial charge in [0.1, 0.15) is 11.6 Å². The van der Waals surface area contributed by atoms with Crippen molar-refractivity contribution in [2.75, 3.05) is 18.1 Å². The number of rotatable bonds is 9. The molecule has 8 nitrogen and oxygen atoms in total. The summed E-state index contributed by atoms with van der Waals surface area (Å²) in [5.74, 6) is -0.811. The highest BCUT2D eigenvalue weighted by molar-refractivity contribution is 7.91. The first-order chi connectivity index (χ1) is 15.4. The van der Waals surface area contributed by atoms with Crippen molar-refractivity contribution in [2.45, 2.75) is 73.1 Å². The van der Waals surface area contributed by atoms with Gasteiger partial charge in [-0.3, -0.25) is 4.79 Å². The number of hydrogen-bond acceptors (Lipinski definition) is 6. The molecule has 1 amide bonds. The van der Waals surface area contributed by atoms with Crippen LogP contribution < -0.4 is 0 Å². The van der Waals surface area contributed by atoms with Crippen molar-refractivity contribution in [1.29, 1.82) is 5.26 Å². The Morgan fingerprint density at radius 1 is 1.33 bits per heavy atom. The van der Waals surface area contributed by atoms with Gasteiger partial charge in [0.05, 0.1) is 11.5 Å². The largest absolute Gasteiger partial charge is 0.448 e. The number of carbonyl (C=O) groups excluding carboxylic acids is 2. The van der Waals surface area contributed by atoms with Gasteiger partial charge in [-0.25, -0.2) is 13.2 Å². The number of amides is 1. The molecule has 1 aliphatic heterocycles. The summed E-state index contributed by atoms with van der Waals surface area (Å²) in [5, 5.41) is 9.55. The predicted molar refractivity (Wildman–Crippen MR) is 127 cm³/mol. The molecule has 1 saturated heterocycles. The summed E-state index contributed by atoms with van der Waals surface area (Å²) >= 11 is 0. The number of sulfone groups is 1. The second kappa shape index (κ2) is 11.0. The Bertz CT molecular complexity index is 1060. The SMILES string of the molecule is CCN(C(=O)C(C)OC(=O)/C(C#N)=C/c1cc(C)n(CCC(C)C)c1C)C1CCS(=O)(=O)C1. The molecular formula is C24H35N3O5S. The molecule has 1 aromatic heterocycles. The van der Waals surface area contributed by atoms with Gasteiger partial charge in [0.15, 0.2) is 15.9 Å². The van der Waals surface area contributed by atoms with Crippen molar-refractivity contribution in [2.24, 2.45) is 5.92 Å². The minimum atomic E-state index is -3.16. The monoisotopic (exact) mass is 477 g/mol. The highest BCUT2D eigenvalue weighted by Crippen LogP contribution is 2.22. The van der Waals surface area contributed by atoms with E-state index in [2.05, 4.69) is 18.4 Å². The standard InChI is InChI=1S/C24H35N3O5S/c1-7-26(22-9-11-33(30,31)15-22)23(28)19(6)32-24(29)21(14-25)13-20-12-17(4)27(18(20)5)10-8-16(2)3/h12-13,16,19,22H,7-11,15H2,1-6H3/b21-13+. The molecule has 2 unspecified atom stereocenters. The predicted octanol–water partition coefficient (Wildman–Crippen LogP) is 3.03. The number of ether oxygens (including phenoxy) is 1. The lowest BCUT2D eigenvalue weighted by atomic mass is 10.1. The molecule has 1 aromatic rings. The molecule has 0 aliphatic carbocycles. The van der Waals surface area contributed by atoms with Gasteiger partial charge in [0, 0.05) is 30.5 Å². The van der Waals surface area contributed by atoms with Crippen LogP contribution in [0.25, 0.3) is 6.08 Å². The van der Waals surface area contributed by atoms with Crippen molar-refractivity contribution in [3.8, 4) is 6.07 Å². The number of carbonyl (C=O) groups is 2. The molecule has 0 saturated carbocycles. The Morgan fingerprint density at radius 2 is 2.00 bits per heavy atom. The average Bonchev–Trinajstić information content (AvgIpc) is 3.22. The lowest BCUT2D eigenvalue weighted by Gasteiger charge is -2.29. The van der Waals surface area contributed by atoms with Crippen LogP contribution in [-0.4, -0.2) is 60.0 Å². The van der Waals surface area contributed by atoms with E-state index in [-0.39, 0.29) is 17.1 Å². The molecule has 1 fully saturated rings. The van der Waals surface area contributed by atoms with E-state index in [1.54, 1.807) is 6.92 Å². The molecular weight excluding hydrogens is 442 g/mol. The van der Waals surface area contributed by atoms with Crippen LogP contribution in [0.2, 0.25) is 0 Å². The number of aromatic nitrogens is 1. The molecule has 0 N–H and O–H groups in total. The summed E-state index contributed by atoms with van der Waals surface area (Å²) in [7, 11) is -3.16. The van der Waals surface area contributed by atoms with Crippen molar-refractivity contribution < 1.29 is 22.7 Å². The zero-order chi connectivity index (χ0) is 24.9. The van der Waals surface area contributed by atoms with E-state index in [1.807, 2.05) is 26.0 Å². The minimum absolute atomic E-state index is 0.0481. The zero-order valence-corrected chi connectivity index (χ0v) is 21.2. The fourth-order valence-corrected chi connectivity index (χ4v) is 5.85. The molecule has 1 aliphatic rings. The Labute approximate surface area is 197 Å². The molecule has 2 rings (SSSR count). The van der Waals surface area contributed by atoms with Gasteiger partial charge in [-0.15, -0.1) is 0 Å². The van der Waals surface area contributed by atoms with Gasteiger partial charge in [-0.05, 0) is 64.2 Å². The van der Waals surface area contributed by atoms with Gasteiger partial charge < -0.3 is 14.2 Å². The first-order valence-corrected chi connectivity index (χ1v) is 13.2. The summed E-state index contributed by atoms with van der Waals surface area (Å²) < 4.78 is 31.1. The zero-order valence-electron chi connectivity index (χ0n) is 20.4. The van der Waals surface area contributed by atoms with E-state index in [0.29, 0.717) is 18.9 Å². The van der Waals surface area contributed by atoms with Gasteiger partial charge in [-0.2, -0.15) is 5.26 Å². The second-order valence-electron chi connectivity index (χ2n) is 9.06. The molecule has 9 heteroatoms. The maximum atomic E-state index is 12.9. The highest BCUT2D eigenvalue weighted by Gasteiger charge is 2.36. The third-order valence-corrected chi connectivity index (χ3v) is 7.84. The lowest BCUT2D eigenvalue weighted by molar-refractivity contribution is -0.156. The van der Waals surface area contributed by atoms with Crippen LogP contribution in [0.4, 0.5) is 0 Å². The van der Waals surface area contributed by atoms with Crippen LogP contribution in [0.15, 0.2) is 11.6 Å². The van der Waals surface area contributed by atoms with Gasteiger partial charge in [0.2, 0.25) is 0 Å². The maximum Gasteiger partial charge on any atom is 0.349 e. The third-order valence-electron chi connectivity index (χ3n) is 6.09. The Balaban J connectivity index is 2.14. The number of likely N-dealkylation sites (N-methyl/N-ethyl adjacent to an activating group) is 1. The number of nitriles is 1. The van der Waals surface area contributed by atoms with Crippen molar-refractivity contribution >= 4 is 27.8 Å². The van der Waals surface area contributed by atoms with Gasteiger partial charge >= 0.3 is 5.97 Å².